The highest BCUT2D eigenvalue weighted by molar-refractivity contribution is 8.05. The Kier molecular flexibility index (Phi) is 5.62. The SMILES string of the molecule is Cc1c(F)cccc1S(=O)(=O)c1ccc(CNC(=O)C2=CC3C=CN=CC3S2)cc1. The maximum absolute atomic E-state index is 13.8. The fourth-order valence-corrected chi connectivity index (χ4v) is 5.98. The fourth-order valence-electron chi connectivity index (χ4n) is 3.30. The van der Waals surface area contributed by atoms with Gasteiger partial charge in [-0.3, -0.25) is 9.79 Å². The van der Waals surface area contributed by atoms with E-state index in [4.69, 9.17) is 0 Å². The highest BCUT2D eigenvalue weighted by Gasteiger charge is 2.29. The van der Waals surface area contributed by atoms with Crippen LogP contribution in [0.4, 0.5) is 4.39 Å². The van der Waals surface area contributed by atoms with Crippen molar-refractivity contribution in [3.63, 3.8) is 0 Å². The number of halogens is 1. The van der Waals surface area contributed by atoms with Crippen LogP contribution >= 0.6 is 11.8 Å². The van der Waals surface area contributed by atoms with Crippen molar-refractivity contribution >= 4 is 33.7 Å². The van der Waals surface area contributed by atoms with Crippen LogP contribution in [0.1, 0.15) is 11.1 Å². The first-order chi connectivity index (χ1) is 14.4. The number of amides is 1. The molecule has 0 aliphatic carbocycles. The molecule has 0 spiro atoms. The summed E-state index contributed by atoms with van der Waals surface area (Å²) in [7, 11) is -3.82. The number of sulfone groups is 1. The number of fused-ring (bicyclic) bond motifs is 1. The largest absolute Gasteiger partial charge is 0.348 e. The van der Waals surface area contributed by atoms with E-state index in [1.165, 1.54) is 49.0 Å². The Morgan fingerprint density at radius 2 is 1.97 bits per heavy atom. The lowest BCUT2D eigenvalue weighted by Crippen LogP contribution is -2.23. The van der Waals surface area contributed by atoms with Crippen LogP contribution in [0.5, 0.6) is 0 Å². The molecule has 2 heterocycles. The smallest absolute Gasteiger partial charge is 0.257 e. The highest BCUT2D eigenvalue weighted by atomic mass is 32.2. The molecule has 0 saturated carbocycles. The minimum atomic E-state index is -3.82. The van der Waals surface area contributed by atoms with E-state index in [-0.39, 0.29) is 39.0 Å². The van der Waals surface area contributed by atoms with Crippen LogP contribution in [-0.2, 0) is 21.2 Å². The zero-order valence-corrected chi connectivity index (χ0v) is 17.7. The summed E-state index contributed by atoms with van der Waals surface area (Å²) in [6, 6.07) is 10.2. The summed E-state index contributed by atoms with van der Waals surface area (Å²) in [6.07, 6.45) is 7.48. The third kappa shape index (κ3) is 3.97. The van der Waals surface area contributed by atoms with Crippen LogP contribution in [0.25, 0.3) is 0 Å². The van der Waals surface area contributed by atoms with Crippen molar-refractivity contribution in [1.29, 1.82) is 0 Å². The fraction of sp³-hybridized carbons (Fsp3) is 0.182. The molecule has 2 atom stereocenters. The van der Waals surface area contributed by atoms with Gasteiger partial charge in [-0.2, -0.15) is 0 Å². The van der Waals surface area contributed by atoms with Gasteiger partial charge in [0.05, 0.1) is 19.9 Å². The summed E-state index contributed by atoms with van der Waals surface area (Å²) in [5.41, 5.74) is 0.859. The van der Waals surface area contributed by atoms with Gasteiger partial charge in [0.25, 0.3) is 5.91 Å². The molecular formula is C22H19FN2O3S2. The summed E-state index contributed by atoms with van der Waals surface area (Å²) < 4.78 is 39.4. The number of benzene rings is 2. The Bertz CT molecular complexity index is 1190. The van der Waals surface area contributed by atoms with Crippen LogP contribution in [0.2, 0.25) is 0 Å². The molecule has 0 fully saturated rings. The number of carbonyl (C=O) groups is 1. The second-order valence-electron chi connectivity index (χ2n) is 7.02. The van der Waals surface area contributed by atoms with E-state index in [1.54, 1.807) is 18.3 Å². The predicted octanol–water partition coefficient (Wildman–Crippen LogP) is 3.80. The summed E-state index contributed by atoms with van der Waals surface area (Å²) >= 11 is 1.48. The van der Waals surface area contributed by atoms with Crippen molar-refractivity contribution in [2.24, 2.45) is 10.9 Å². The van der Waals surface area contributed by atoms with Crippen molar-refractivity contribution in [2.45, 2.75) is 28.5 Å². The van der Waals surface area contributed by atoms with Gasteiger partial charge in [-0.1, -0.05) is 30.4 Å². The first-order valence-corrected chi connectivity index (χ1v) is 11.7. The number of allylic oxidation sites excluding steroid dienone is 2. The molecule has 8 heteroatoms. The van der Waals surface area contributed by atoms with Crippen molar-refractivity contribution in [2.75, 3.05) is 0 Å². The number of hydrogen-bond acceptors (Lipinski definition) is 5. The van der Waals surface area contributed by atoms with E-state index in [0.717, 1.165) is 5.56 Å². The molecular weight excluding hydrogens is 423 g/mol. The lowest BCUT2D eigenvalue weighted by atomic mass is 10.0. The molecule has 0 aromatic heterocycles. The van der Waals surface area contributed by atoms with E-state index in [2.05, 4.69) is 10.3 Å². The second-order valence-corrected chi connectivity index (χ2v) is 10.2. The first kappa shape index (κ1) is 20.6. The van der Waals surface area contributed by atoms with Crippen LogP contribution in [-0.4, -0.2) is 25.8 Å². The molecule has 1 amide bonds. The molecule has 2 aliphatic heterocycles. The molecule has 5 nitrogen and oxygen atoms in total. The topological polar surface area (TPSA) is 75.6 Å². The van der Waals surface area contributed by atoms with E-state index < -0.39 is 15.7 Å². The van der Waals surface area contributed by atoms with Gasteiger partial charge in [0, 0.05) is 30.4 Å². The van der Waals surface area contributed by atoms with E-state index >= 15 is 0 Å². The van der Waals surface area contributed by atoms with Gasteiger partial charge in [-0.05, 0) is 36.8 Å². The van der Waals surface area contributed by atoms with E-state index in [9.17, 15) is 17.6 Å². The molecule has 2 aromatic carbocycles. The molecule has 4 rings (SSSR count). The van der Waals surface area contributed by atoms with Gasteiger partial charge in [0.15, 0.2) is 0 Å². The zero-order chi connectivity index (χ0) is 21.3. The van der Waals surface area contributed by atoms with E-state index in [0.29, 0.717) is 4.91 Å². The Morgan fingerprint density at radius 1 is 1.20 bits per heavy atom. The van der Waals surface area contributed by atoms with Crippen molar-refractivity contribution in [1.82, 2.24) is 5.32 Å². The molecule has 0 saturated heterocycles. The summed E-state index contributed by atoms with van der Waals surface area (Å²) in [4.78, 5) is 17.2. The number of nitrogens with one attached hydrogen (secondary N) is 1. The molecule has 2 aliphatic rings. The normalized spacial score (nSPS) is 20.0. The Balaban J connectivity index is 1.43. The molecule has 154 valence electrons. The molecule has 1 N–H and O–H groups in total. The Labute approximate surface area is 178 Å². The molecule has 2 aromatic rings. The molecule has 2 unspecified atom stereocenters. The number of thioether (sulfide) groups is 1. The zero-order valence-electron chi connectivity index (χ0n) is 16.1. The predicted molar refractivity (Wildman–Crippen MR) is 115 cm³/mol. The average Bonchev–Trinajstić information content (AvgIpc) is 3.18. The van der Waals surface area contributed by atoms with Crippen molar-refractivity contribution in [3.05, 3.63) is 82.7 Å². The van der Waals surface area contributed by atoms with Gasteiger partial charge in [0.2, 0.25) is 9.84 Å². The van der Waals surface area contributed by atoms with Crippen molar-refractivity contribution < 1.29 is 17.6 Å². The average molecular weight is 443 g/mol. The molecule has 0 radical (unpaired) electrons. The third-order valence-corrected chi connectivity index (χ3v) is 8.23. The Hall–Kier alpha value is -2.71. The highest BCUT2D eigenvalue weighted by Crippen LogP contribution is 2.37. The minimum absolute atomic E-state index is 0.0483. The number of nitrogens with zero attached hydrogens (tertiary/aromatic N) is 1. The van der Waals surface area contributed by atoms with Gasteiger partial charge in [-0.25, -0.2) is 12.8 Å². The van der Waals surface area contributed by atoms with Crippen LogP contribution < -0.4 is 5.32 Å². The lowest BCUT2D eigenvalue weighted by molar-refractivity contribution is -0.116. The van der Waals surface area contributed by atoms with Gasteiger partial charge in [0.1, 0.15) is 5.82 Å². The van der Waals surface area contributed by atoms with Crippen LogP contribution in [0, 0.1) is 18.7 Å². The van der Waals surface area contributed by atoms with Crippen LogP contribution in [0.3, 0.4) is 0 Å². The summed E-state index contributed by atoms with van der Waals surface area (Å²) in [6.45, 7) is 1.72. The molecule has 30 heavy (non-hydrogen) atoms. The maximum atomic E-state index is 13.8. The number of rotatable bonds is 5. The number of carbonyl (C=O) groups excluding carboxylic acids is 1. The monoisotopic (exact) mass is 442 g/mol. The van der Waals surface area contributed by atoms with Crippen LogP contribution in [0.15, 0.2) is 80.5 Å². The minimum Gasteiger partial charge on any atom is -0.348 e. The van der Waals surface area contributed by atoms with Gasteiger partial charge >= 0.3 is 0 Å². The molecule has 0 bridgehead atoms. The second kappa shape index (κ2) is 8.20. The maximum Gasteiger partial charge on any atom is 0.257 e. The Morgan fingerprint density at radius 3 is 2.70 bits per heavy atom. The number of hydrogen-bond donors (Lipinski definition) is 1. The summed E-state index contributed by atoms with van der Waals surface area (Å²) in [5, 5.41) is 3.02. The van der Waals surface area contributed by atoms with Gasteiger partial charge < -0.3 is 5.32 Å². The summed E-state index contributed by atoms with van der Waals surface area (Å²) in [5.74, 6) is -0.539. The first-order valence-electron chi connectivity index (χ1n) is 9.32. The quantitative estimate of drug-likeness (QED) is 0.764. The number of aliphatic imine (C=N–C) groups is 1. The van der Waals surface area contributed by atoms with Crippen molar-refractivity contribution in [3.8, 4) is 0 Å². The van der Waals surface area contributed by atoms with E-state index in [1.807, 2.05) is 18.4 Å². The van der Waals surface area contributed by atoms with Gasteiger partial charge in [-0.15, -0.1) is 11.8 Å². The lowest BCUT2D eigenvalue weighted by Gasteiger charge is -2.12. The third-order valence-electron chi connectivity index (χ3n) is 5.03. The standard InChI is InChI=1S/C22H19FN2O3S2/c1-14-18(23)3-2-4-21(14)30(27,28)17-7-5-15(6-8-17)12-25-22(26)19-11-16-9-10-24-13-20(16)29-19/h2-11,13,16,20H,12H2,1H3,(H,25,26).